The van der Waals surface area contributed by atoms with Gasteiger partial charge in [0.15, 0.2) is 5.75 Å². The molecule has 0 aliphatic rings. The van der Waals surface area contributed by atoms with Crippen molar-refractivity contribution in [3.63, 3.8) is 0 Å². The smallest absolute Gasteiger partial charge is 0.233 e. The van der Waals surface area contributed by atoms with Crippen LogP contribution in [0.3, 0.4) is 0 Å². The molecule has 0 bridgehead atoms. The minimum atomic E-state index is -0.386. The van der Waals surface area contributed by atoms with Crippen LogP contribution in [0, 0.1) is 0 Å². The average Bonchev–Trinajstić information content (AvgIpc) is 2.93. The van der Waals surface area contributed by atoms with Crippen molar-refractivity contribution in [3.05, 3.63) is 29.7 Å². The molecule has 0 radical (unpaired) electrons. The molecule has 0 aliphatic carbocycles. The number of nitrogens with two attached hydrogens (primary N) is 1. The van der Waals surface area contributed by atoms with Crippen LogP contribution in [0.2, 0.25) is 0 Å². The number of aromatic nitrogens is 4. The van der Waals surface area contributed by atoms with E-state index in [-0.39, 0.29) is 12.1 Å². The summed E-state index contributed by atoms with van der Waals surface area (Å²) in [5.74, 6) is 6.80. The van der Waals surface area contributed by atoms with Crippen LogP contribution in [0.4, 0.5) is 0 Å². The van der Waals surface area contributed by atoms with Crippen molar-refractivity contribution >= 4 is 0 Å². The summed E-state index contributed by atoms with van der Waals surface area (Å²) < 4.78 is 12.2. The highest BCUT2D eigenvalue weighted by atomic mass is 16.5. The second-order valence-electron chi connectivity index (χ2n) is 4.74. The van der Waals surface area contributed by atoms with E-state index in [1.54, 1.807) is 32.5 Å². The lowest BCUT2D eigenvalue weighted by molar-refractivity contribution is 0.384. The van der Waals surface area contributed by atoms with Crippen molar-refractivity contribution in [2.24, 2.45) is 5.84 Å². The molecule has 2 heterocycles. The molecule has 3 N–H and O–H groups in total. The lowest BCUT2D eigenvalue weighted by Gasteiger charge is -2.20. The molecule has 2 aromatic heterocycles. The van der Waals surface area contributed by atoms with Crippen molar-refractivity contribution in [2.45, 2.75) is 25.9 Å². The standard InChI is InChI=1S/C13H20N6O2/c1-8(2)19-13(10(20-3)7-15-19)12(16-14)9-5-6-11(21-4)18-17-9/h5-8,12,16H,14H2,1-4H3. The summed E-state index contributed by atoms with van der Waals surface area (Å²) >= 11 is 0. The summed E-state index contributed by atoms with van der Waals surface area (Å²) in [7, 11) is 3.14. The highest BCUT2D eigenvalue weighted by Gasteiger charge is 2.25. The number of nitrogens with one attached hydrogen (secondary N) is 1. The first kappa shape index (κ1) is 15.2. The first-order chi connectivity index (χ1) is 10.1. The molecule has 1 unspecified atom stereocenters. The van der Waals surface area contributed by atoms with Crippen molar-refractivity contribution in [2.75, 3.05) is 14.2 Å². The van der Waals surface area contributed by atoms with Crippen LogP contribution in [0.15, 0.2) is 18.3 Å². The van der Waals surface area contributed by atoms with Gasteiger partial charge in [0, 0.05) is 12.1 Å². The quantitative estimate of drug-likeness (QED) is 0.600. The molecule has 0 amide bonds. The topological polar surface area (TPSA) is 100 Å². The summed E-state index contributed by atoms with van der Waals surface area (Å²) in [6.07, 6.45) is 1.66. The molecule has 0 spiro atoms. The van der Waals surface area contributed by atoms with Crippen molar-refractivity contribution in [1.29, 1.82) is 0 Å². The van der Waals surface area contributed by atoms with E-state index < -0.39 is 0 Å². The molecular weight excluding hydrogens is 272 g/mol. The summed E-state index contributed by atoms with van der Waals surface area (Å²) in [5, 5.41) is 12.4. The molecule has 8 nitrogen and oxygen atoms in total. The molecule has 0 aliphatic heterocycles. The maximum atomic E-state index is 5.71. The zero-order chi connectivity index (χ0) is 15.4. The molecule has 0 saturated heterocycles. The van der Waals surface area contributed by atoms with Gasteiger partial charge in [-0.2, -0.15) is 5.10 Å². The minimum absolute atomic E-state index is 0.158. The van der Waals surface area contributed by atoms with Gasteiger partial charge in [0.1, 0.15) is 11.7 Å². The van der Waals surface area contributed by atoms with E-state index in [1.807, 2.05) is 18.5 Å². The Morgan fingerprint density at radius 1 is 1.19 bits per heavy atom. The van der Waals surface area contributed by atoms with E-state index >= 15 is 0 Å². The Hall–Kier alpha value is -2.19. The van der Waals surface area contributed by atoms with Gasteiger partial charge in [-0.3, -0.25) is 10.5 Å². The first-order valence-electron chi connectivity index (χ1n) is 6.57. The lowest BCUT2D eigenvalue weighted by atomic mass is 10.1. The van der Waals surface area contributed by atoms with Gasteiger partial charge in [-0.15, -0.1) is 10.2 Å². The normalized spacial score (nSPS) is 12.5. The van der Waals surface area contributed by atoms with Crippen LogP contribution in [0.5, 0.6) is 11.6 Å². The summed E-state index contributed by atoms with van der Waals surface area (Å²) in [4.78, 5) is 0. The van der Waals surface area contributed by atoms with Crippen LogP contribution in [0.25, 0.3) is 0 Å². The number of rotatable bonds is 6. The lowest BCUT2D eigenvalue weighted by Crippen LogP contribution is -2.32. The molecule has 8 heteroatoms. The van der Waals surface area contributed by atoms with Crippen LogP contribution in [-0.4, -0.2) is 34.2 Å². The van der Waals surface area contributed by atoms with Gasteiger partial charge in [-0.05, 0) is 19.9 Å². The van der Waals surface area contributed by atoms with Crippen LogP contribution in [-0.2, 0) is 0 Å². The SMILES string of the molecule is COc1ccc(C(NN)c2c(OC)cnn2C(C)C)nn1. The Morgan fingerprint density at radius 3 is 2.43 bits per heavy atom. The molecule has 2 rings (SSSR count). The van der Waals surface area contributed by atoms with E-state index in [9.17, 15) is 0 Å². The second-order valence-corrected chi connectivity index (χ2v) is 4.74. The Morgan fingerprint density at radius 2 is 1.95 bits per heavy atom. The number of methoxy groups -OCH3 is 2. The second kappa shape index (κ2) is 6.51. The summed E-state index contributed by atoms with van der Waals surface area (Å²) in [6, 6.07) is 3.30. The van der Waals surface area contributed by atoms with Gasteiger partial charge in [0.2, 0.25) is 5.88 Å². The largest absolute Gasteiger partial charge is 0.493 e. The fourth-order valence-corrected chi connectivity index (χ4v) is 2.10. The first-order valence-corrected chi connectivity index (χ1v) is 6.57. The molecule has 1 atom stereocenters. The van der Waals surface area contributed by atoms with E-state index in [0.717, 1.165) is 5.69 Å². The summed E-state index contributed by atoms with van der Waals surface area (Å²) in [5.41, 5.74) is 4.20. The van der Waals surface area contributed by atoms with Gasteiger partial charge in [0.05, 0.1) is 26.1 Å². The Balaban J connectivity index is 2.47. The van der Waals surface area contributed by atoms with Crippen LogP contribution < -0.4 is 20.7 Å². The predicted octanol–water partition coefficient (Wildman–Crippen LogP) is 0.824. The summed E-state index contributed by atoms with van der Waals surface area (Å²) in [6.45, 7) is 4.06. The Kier molecular flexibility index (Phi) is 4.71. The van der Waals surface area contributed by atoms with Gasteiger partial charge in [-0.1, -0.05) is 0 Å². The number of hydrogen-bond donors (Lipinski definition) is 2. The van der Waals surface area contributed by atoms with Crippen molar-refractivity contribution < 1.29 is 9.47 Å². The van der Waals surface area contributed by atoms with Crippen LogP contribution in [0.1, 0.15) is 37.3 Å². The number of ether oxygens (including phenoxy) is 2. The monoisotopic (exact) mass is 292 g/mol. The third-order valence-electron chi connectivity index (χ3n) is 3.11. The molecule has 2 aromatic rings. The fourth-order valence-electron chi connectivity index (χ4n) is 2.10. The Bertz CT molecular complexity index is 581. The number of hydrogen-bond acceptors (Lipinski definition) is 7. The molecule has 0 saturated carbocycles. The maximum absolute atomic E-state index is 5.71. The van der Waals surface area contributed by atoms with E-state index in [1.165, 1.54) is 0 Å². The average molecular weight is 292 g/mol. The molecular formula is C13H20N6O2. The highest BCUT2D eigenvalue weighted by molar-refractivity contribution is 5.34. The van der Waals surface area contributed by atoms with Gasteiger partial charge in [0.25, 0.3) is 0 Å². The fraction of sp³-hybridized carbons (Fsp3) is 0.462. The molecule has 0 aromatic carbocycles. The highest BCUT2D eigenvalue weighted by Crippen LogP contribution is 2.30. The minimum Gasteiger partial charge on any atom is -0.493 e. The zero-order valence-electron chi connectivity index (χ0n) is 12.6. The molecule has 21 heavy (non-hydrogen) atoms. The third kappa shape index (κ3) is 2.96. The predicted molar refractivity (Wildman–Crippen MR) is 76.9 cm³/mol. The van der Waals surface area contributed by atoms with E-state index in [2.05, 4.69) is 20.7 Å². The zero-order valence-corrected chi connectivity index (χ0v) is 12.6. The van der Waals surface area contributed by atoms with Gasteiger partial charge < -0.3 is 9.47 Å². The third-order valence-corrected chi connectivity index (χ3v) is 3.11. The van der Waals surface area contributed by atoms with E-state index in [4.69, 9.17) is 15.3 Å². The number of hydrazine groups is 1. The van der Waals surface area contributed by atoms with Gasteiger partial charge >= 0.3 is 0 Å². The molecule has 114 valence electrons. The number of nitrogens with zero attached hydrogens (tertiary/aromatic N) is 4. The van der Waals surface area contributed by atoms with Crippen molar-refractivity contribution in [1.82, 2.24) is 25.4 Å². The maximum Gasteiger partial charge on any atom is 0.233 e. The van der Waals surface area contributed by atoms with Crippen LogP contribution >= 0.6 is 0 Å². The Labute approximate surface area is 123 Å². The molecule has 0 fully saturated rings. The van der Waals surface area contributed by atoms with Gasteiger partial charge in [-0.25, -0.2) is 5.43 Å². The van der Waals surface area contributed by atoms with Crippen molar-refractivity contribution in [3.8, 4) is 11.6 Å². The van der Waals surface area contributed by atoms with E-state index in [0.29, 0.717) is 17.3 Å².